The molecule has 2 rings (SSSR count). The van der Waals surface area contributed by atoms with Crippen LogP contribution in [-0.2, 0) is 9.53 Å². The molecule has 1 fully saturated rings. The third-order valence-electron chi connectivity index (χ3n) is 3.74. The van der Waals surface area contributed by atoms with Gasteiger partial charge in [-0.2, -0.15) is 0 Å². The molecule has 6 nitrogen and oxygen atoms in total. The lowest BCUT2D eigenvalue weighted by Crippen LogP contribution is -2.50. The Morgan fingerprint density at radius 2 is 1.95 bits per heavy atom. The van der Waals surface area contributed by atoms with E-state index in [0.29, 0.717) is 24.6 Å². The molecule has 110 valence electrons. The summed E-state index contributed by atoms with van der Waals surface area (Å²) < 4.78 is 5.31. The van der Waals surface area contributed by atoms with Crippen LogP contribution in [0.15, 0.2) is 18.2 Å². The highest BCUT2D eigenvalue weighted by Crippen LogP contribution is 2.23. The summed E-state index contributed by atoms with van der Waals surface area (Å²) >= 11 is 0. The van der Waals surface area contributed by atoms with Gasteiger partial charge in [0, 0.05) is 25.8 Å². The predicted octanol–water partition coefficient (Wildman–Crippen LogP) is 0.535. The smallest absolute Gasteiger partial charge is 0.243 e. The van der Waals surface area contributed by atoms with E-state index in [1.165, 1.54) is 0 Å². The highest BCUT2D eigenvalue weighted by molar-refractivity contribution is 5.97. The van der Waals surface area contributed by atoms with E-state index in [0.717, 1.165) is 18.8 Å². The maximum absolute atomic E-state index is 12.5. The second-order valence-electron chi connectivity index (χ2n) is 5.03. The van der Waals surface area contributed by atoms with Crippen LogP contribution in [0.1, 0.15) is 6.92 Å². The van der Waals surface area contributed by atoms with Gasteiger partial charge in [-0.3, -0.25) is 9.69 Å². The fourth-order valence-electron chi connectivity index (χ4n) is 2.30. The van der Waals surface area contributed by atoms with Crippen LogP contribution in [0.2, 0.25) is 0 Å². The second kappa shape index (κ2) is 6.11. The second-order valence-corrected chi connectivity index (χ2v) is 5.03. The minimum atomic E-state index is -0.178. The largest absolute Gasteiger partial charge is 0.397 e. The van der Waals surface area contributed by atoms with Gasteiger partial charge in [0.2, 0.25) is 5.91 Å². The highest BCUT2D eigenvalue weighted by atomic mass is 16.5. The normalized spacial score (nSPS) is 17.7. The number of likely N-dealkylation sites (N-methyl/N-ethyl adjacent to an activating group) is 1. The molecule has 0 aromatic heterocycles. The first kappa shape index (κ1) is 14.6. The van der Waals surface area contributed by atoms with Gasteiger partial charge in [0.15, 0.2) is 0 Å². The lowest BCUT2D eigenvalue weighted by atomic mass is 10.2. The molecule has 1 aromatic rings. The minimum absolute atomic E-state index is 0.0380. The van der Waals surface area contributed by atoms with Gasteiger partial charge in [-0.1, -0.05) is 0 Å². The summed E-state index contributed by atoms with van der Waals surface area (Å²) in [7, 11) is 1.75. The molecular weight excluding hydrogens is 256 g/mol. The van der Waals surface area contributed by atoms with Crippen LogP contribution in [0.3, 0.4) is 0 Å². The summed E-state index contributed by atoms with van der Waals surface area (Å²) in [6, 6.07) is 5.06. The number of amides is 1. The Hall–Kier alpha value is -1.79. The molecule has 6 heteroatoms. The maximum Gasteiger partial charge on any atom is 0.243 e. The molecule has 1 aliphatic rings. The van der Waals surface area contributed by atoms with Crippen LogP contribution in [0, 0.1) is 0 Å². The van der Waals surface area contributed by atoms with E-state index >= 15 is 0 Å². The number of ether oxygens (including phenoxy) is 1. The number of morpholine rings is 1. The Labute approximate surface area is 119 Å². The molecule has 1 aliphatic heterocycles. The number of nitrogen functional groups attached to an aromatic ring is 2. The maximum atomic E-state index is 12.5. The van der Waals surface area contributed by atoms with E-state index in [2.05, 4.69) is 4.90 Å². The zero-order chi connectivity index (χ0) is 14.7. The summed E-state index contributed by atoms with van der Waals surface area (Å²) in [4.78, 5) is 16.3. The molecule has 0 radical (unpaired) electrons. The summed E-state index contributed by atoms with van der Waals surface area (Å²) in [6.45, 7) is 4.84. The van der Waals surface area contributed by atoms with Crippen molar-refractivity contribution in [3.63, 3.8) is 0 Å². The minimum Gasteiger partial charge on any atom is -0.397 e. The monoisotopic (exact) mass is 278 g/mol. The van der Waals surface area contributed by atoms with Crippen LogP contribution in [0.25, 0.3) is 0 Å². The average molecular weight is 278 g/mol. The predicted molar refractivity (Wildman–Crippen MR) is 80.5 cm³/mol. The van der Waals surface area contributed by atoms with Crippen molar-refractivity contribution in [1.82, 2.24) is 4.90 Å². The van der Waals surface area contributed by atoms with Gasteiger partial charge in [0.05, 0.1) is 30.6 Å². The first-order valence-corrected chi connectivity index (χ1v) is 6.75. The van der Waals surface area contributed by atoms with Crippen molar-refractivity contribution >= 4 is 23.0 Å². The van der Waals surface area contributed by atoms with Crippen LogP contribution >= 0.6 is 0 Å². The average Bonchev–Trinajstić information content (AvgIpc) is 2.48. The van der Waals surface area contributed by atoms with Crippen LogP contribution in [-0.4, -0.2) is 50.2 Å². The standard InChI is InChI=1S/C14H22N4O2/c1-10(18-5-7-20-8-6-18)14(19)17(2)11-3-4-12(15)13(16)9-11/h3-4,9-10H,5-8,15-16H2,1-2H3. The van der Waals surface area contributed by atoms with Crippen LogP contribution < -0.4 is 16.4 Å². The van der Waals surface area contributed by atoms with Crippen molar-refractivity contribution in [3.8, 4) is 0 Å². The number of rotatable bonds is 3. The Morgan fingerprint density at radius 1 is 1.30 bits per heavy atom. The van der Waals surface area contributed by atoms with Gasteiger partial charge < -0.3 is 21.1 Å². The molecule has 0 spiro atoms. The summed E-state index contributed by atoms with van der Waals surface area (Å²) in [6.07, 6.45) is 0. The number of nitrogens with zero attached hydrogens (tertiary/aromatic N) is 2. The van der Waals surface area contributed by atoms with Crippen LogP contribution in [0.5, 0.6) is 0 Å². The first-order valence-electron chi connectivity index (χ1n) is 6.75. The number of nitrogens with two attached hydrogens (primary N) is 2. The fraction of sp³-hybridized carbons (Fsp3) is 0.500. The Morgan fingerprint density at radius 3 is 2.55 bits per heavy atom. The summed E-state index contributed by atoms with van der Waals surface area (Å²) in [5.74, 6) is 0.0380. The molecule has 20 heavy (non-hydrogen) atoms. The van der Waals surface area contributed by atoms with Crippen molar-refractivity contribution in [3.05, 3.63) is 18.2 Å². The Kier molecular flexibility index (Phi) is 4.46. The van der Waals surface area contributed by atoms with E-state index in [1.807, 2.05) is 6.92 Å². The zero-order valence-corrected chi connectivity index (χ0v) is 12.0. The highest BCUT2D eigenvalue weighted by Gasteiger charge is 2.26. The van der Waals surface area contributed by atoms with Gasteiger partial charge in [0.1, 0.15) is 0 Å². The van der Waals surface area contributed by atoms with Crippen molar-refractivity contribution < 1.29 is 9.53 Å². The lowest BCUT2D eigenvalue weighted by molar-refractivity contribution is -0.124. The molecule has 1 saturated heterocycles. The number of hydrogen-bond donors (Lipinski definition) is 2. The molecule has 0 saturated carbocycles. The molecule has 4 N–H and O–H groups in total. The number of carbonyl (C=O) groups excluding carboxylic acids is 1. The summed E-state index contributed by atoms with van der Waals surface area (Å²) in [5.41, 5.74) is 13.2. The fourth-order valence-corrected chi connectivity index (χ4v) is 2.30. The number of anilines is 3. The SMILES string of the molecule is CC(C(=O)N(C)c1ccc(N)c(N)c1)N1CCOCC1. The van der Waals surface area contributed by atoms with Crippen molar-refractivity contribution in [2.45, 2.75) is 13.0 Å². The van der Waals surface area contributed by atoms with E-state index in [1.54, 1.807) is 30.1 Å². The third kappa shape index (κ3) is 3.02. The number of carbonyl (C=O) groups is 1. The first-order chi connectivity index (χ1) is 9.50. The van der Waals surface area contributed by atoms with E-state index in [9.17, 15) is 4.79 Å². The van der Waals surface area contributed by atoms with Crippen LogP contribution in [0.4, 0.5) is 17.1 Å². The van der Waals surface area contributed by atoms with Crippen molar-refractivity contribution in [2.75, 3.05) is 49.7 Å². The zero-order valence-electron chi connectivity index (χ0n) is 12.0. The molecule has 0 aliphatic carbocycles. The van der Waals surface area contributed by atoms with E-state index in [-0.39, 0.29) is 11.9 Å². The molecule has 1 heterocycles. The number of hydrogen-bond acceptors (Lipinski definition) is 5. The quantitative estimate of drug-likeness (QED) is 0.788. The van der Waals surface area contributed by atoms with E-state index in [4.69, 9.17) is 16.2 Å². The van der Waals surface area contributed by atoms with Crippen molar-refractivity contribution in [1.29, 1.82) is 0 Å². The Bertz CT molecular complexity index is 486. The summed E-state index contributed by atoms with van der Waals surface area (Å²) in [5, 5.41) is 0. The molecule has 1 atom stereocenters. The van der Waals surface area contributed by atoms with Crippen molar-refractivity contribution in [2.24, 2.45) is 0 Å². The van der Waals surface area contributed by atoms with Gasteiger partial charge >= 0.3 is 0 Å². The Balaban J connectivity index is 2.08. The number of benzene rings is 1. The molecule has 1 aromatic carbocycles. The molecular formula is C14H22N4O2. The lowest BCUT2D eigenvalue weighted by Gasteiger charge is -2.33. The van der Waals surface area contributed by atoms with Gasteiger partial charge in [-0.05, 0) is 25.1 Å². The third-order valence-corrected chi connectivity index (χ3v) is 3.74. The molecule has 1 unspecified atom stereocenters. The van der Waals surface area contributed by atoms with Gasteiger partial charge in [-0.15, -0.1) is 0 Å². The molecule has 0 bridgehead atoms. The molecule has 1 amide bonds. The topological polar surface area (TPSA) is 84.8 Å². The van der Waals surface area contributed by atoms with E-state index < -0.39 is 0 Å². The van der Waals surface area contributed by atoms with Gasteiger partial charge in [-0.25, -0.2) is 0 Å². The van der Waals surface area contributed by atoms with Gasteiger partial charge in [0.25, 0.3) is 0 Å².